The van der Waals surface area contributed by atoms with Crippen LogP contribution in [0.1, 0.15) is 33.3 Å². The van der Waals surface area contributed by atoms with Crippen LogP contribution in [0.2, 0.25) is 0 Å². The summed E-state index contributed by atoms with van der Waals surface area (Å²) in [5, 5.41) is 0.382. The van der Waals surface area contributed by atoms with Crippen molar-refractivity contribution < 1.29 is 23.5 Å². The second-order valence-corrected chi connectivity index (χ2v) is 4.55. The normalized spacial score (nSPS) is 10.9. The van der Waals surface area contributed by atoms with Crippen LogP contribution >= 0.6 is 0 Å². The Bertz CT molecular complexity index is 705. The van der Waals surface area contributed by atoms with Gasteiger partial charge in [-0.25, -0.2) is 9.18 Å². The van der Waals surface area contributed by atoms with Crippen LogP contribution in [0.25, 0.3) is 10.9 Å². The van der Waals surface area contributed by atoms with E-state index < -0.39 is 11.8 Å². The Morgan fingerprint density at radius 2 is 2.14 bits per heavy atom. The number of fused-ring (bicyclic) bond motifs is 1. The molecule has 0 atom stereocenters. The fourth-order valence-electron chi connectivity index (χ4n) is 2.36. The van der Waals surface area contributed by atoms with Gasteiger partial charge in [-0.15, -0.1) is 0 Å². The average Bonchev–Trinajstić information content (AvgIpc) is 2.72. The van der Waals surface area contributed by atoms with Gasteiger partial charge in [0.2, 0.25) is 0 Å². The summed E-state index contributed by atoms with van der Waals surface area (Å²) in [4.78, 5) is 23.3. The lowest BCUT2D eigenvalue weighted by atomic mass is 10.1. The molecular weight excluding hydrogens is 277 g/mol. The van der Waals surface area contributed by atoms with Gasteiger partial charge < -0.3 is 14.0 Å². The van der Waals surface area contributed by atoms with Crippen molar-refractivity contribution in [3.63, 3.8) is 0 Å². The molecule has 0 N–H and O–H groups in total. The highest BCUT2D eigenvalue weighted by Crippen LogP contribution is 2.27. The molecule has 21 heavy (non-hydrogen) atoms. The van der Waals surface area contributed by atoms with E-state index in [1.54, 1.807) is 20.0 Å². The molecule has 2 rings (SSSR count). The quantitative estimate of drug-likeness (QED) is 0.627. The van der Waals surface area contributed by atoms with E-state index in [2.05, 4.69) is 0 Å². The molecular formula is C15H16FNO4. The van der Waals surface area contributed by atoms with E-state index in [9.17, 15) is 14.0 Å². The number of ether oxygens (including phenoxy) is 2. The first-order chi connectivity index (χ1) is 10.0. The smallest absolute Gasteiger partial charge is 0.355 e. The van der Waals surface area contributed by atoms with Crippen molar-refractivity contribution in [3.8, 4) is 0 Å². The summed E-state index contributed by atoms with van der Waals surface area (Å²) in [6.45, 7) is 1.98. The van der Waals surface area contributed by atoms with Crippen molar-refractivity contribution in [1.29, 1.82) is 0 Å². The molecule has 5 nitrogen and oxygen atoms in total. The number of esters is 1. The zero-order valence-corrected chi connectivity index (χ0v) is 12.1. The van der Waals surface area contributed by atoms with Crippen LogP contribution < -0.4 is 0 Å². The van der Waals surface area contributed by atoms with Gasteiger partial charge in [-0.1, -0.05) is 0 Å². The van der Waals surface area contributed by atoms with E-state index in [-0.39, 0.29) is 24.5 Å². The number of aryl methyl sites for hydroxylation is 1. The Kier molecular flexibility index (Phi) is 4.37. The lowest BCUT2D eigenvalue weighted by molar-refractivity contribution is 0.0513. The van der Waals surface area contributed by atoms with Crippen LogP contribution in [0, 0.1) is 5.82 Å². The van der Waals surface area contributed by atoms with Gasteiger partial charge in [0.05, 0.1) is 18.8 Å². The van der Waals surface area contributed by atoms with Gasteiger partial charge in [-0.3, -0.25) is 4.79 Å². The van der Waals surface area contributed by atoms with Crippen LogP contribution in [0.4, 0.5) is 4.39 Å². The second kappa shape index (κ2) is 6.05. The highest BCUT2D eigenvalue weighted by molar-refractivity contribution is 6.08. The Labute approximate surface area is 121 Å². The van der Waals surface area contributed by atoms with Crippen molar-refractivity contribution in [3.05, 3.63) is 34.8 Å². The number of carbonyl (C=O) groups excluding carboxylic acids is 2. The number of aromatic nitrogens is 1. The van der Waals surface area contributed by atoms with Gasteiger partial charge >= 0.3 is 5.97 Å². The van der Waals surface area contributed by atoms with Crippen LogP contribution in [0.15, 0.2) is 12.1 Å². The molecule has 0 aliphatic rings. The molecule has 0 saturated heterocycles. The van der Waals surface area contributed by atoms with Crippen molar-refractivity contribution in [2.45, 2.75) is 13.5 Å². The summed E-state index contributed by atoms with van der Waals surface area (Å²) in [7, 11) is 3.10. The monoisotopic (exact) mass is 293 g/mol. The minimum Gasteiger partial charge on any atom is -0.461 e. The van der Waals surface area contributed by atoms with Crippen molar-refractivity contribution in [2.24, 2.45) is 7.05 Å². The van der Waals surface area contributed by atoms with E-state index in [0.29, 0.717) is 22.8 Å². The van der Waals surface area contributed by atoms with Crippen LogP contribution in [-0.2, 0) is 23.1 Å². The number of benzene rings is 1. The van der Waals surface area contributed by atoms with Gasteiger partial charge in [0.25, 0.3) is 0 Å². The number of hydrogen-bond acceptors (Lipinski definition) is 4. The molecule has 2 aromatic rings. The van der Waals surface area contributed by atoms with Crippen LogP contribution in [-0.4, -0.2) is 30.5 Å². The van der Waals surface area contributed by atoms with Crippen molar-refractivity contribution in [2.75, 3.05) is 13.7 Å². The largest absolute Gasteiger partial charge is 0.461 e. The summed E-state index contributed by atoms with van der Waals surface area (Å²) < 4.78 is 25.4. The number of methoxy groups -OCH3 is 1. The third-order valence-corrected chi connectivity index (χ3v) is 3.29. The van der Waals surface area contributed by atoms with Crippen molar-refractivity contribution in [1.82, 2.24) is 4.57 Å². The highest BCUT2D eigenvalue weighted by atomic mass is 19.1. The fourth-order valence-corrected chi connectivity index (χ4v) is 2.36. The Balaban J connectivity index is 2.73. The predicted octanol–water partition coefficient (Wildman–Crippen LogP) is 2.45. The summed E-state index contributed by atoms with van der Waals surface area (Å²) in [5.41, 5.74) is 1.19. The SMILES string of the molecule is CCOC(=O)c1c(C=O)c2cc(F)c(COC)cc2n1C. The van der Waals surface area contributed by atoms with Gasteiger partial charge in [0, 0.05) is 30.6 Å². The molecule has 0 bridgehead atoms. The number of aldehydes is 1. The third-order valence-electron chi connectivity index (χ3n) is 3.29. The fraction of sp³-hybridized carbons (Fsp3) is 0.333. The van der Waals surface area contributed by atoms with Gasteiger partial charge in [0.1, 0.15) is 11.5 Å². The molecule has 0 spiro atoms. The molecule has 0 saturated carbocycles. The summed E-state index contributed by atoms with van der Waals surface area (Å²) in [6, 6.07) is 2.82. The van der Waals surface area contributed by atoms with Gasteiger partial charge in [-0.2, -0.15) is 0 Å². The maximum Gasteiger partial charge on any atom is 0.355 e. The number of halogens is 1. The standard InChI is InChI=1S/C15H16FNO4/c1-4-21-15(19)14-11(7-18)10-6-12(16)9(8-20-3)5-13(10)17(14)2/h5-7H,4,8H2,1-3H3. The number of hydrogen-bond donors (Lipinski definition) is 0. The molecule has 1 aromatic carbocycles. The number of nitrogens with zero attached hydrogens (tertiary/aromatic N) is 1. The Hall–Kier alpha value is -2.21. The van der Waals surface area contributed by atoms with E-state index in [1.807, 2.05) is 0 Å². The lowest BCUT2D eigenvalue weighted by Gasteiger charge is -2.05. The third kappa shape index (κ3) is 2.54. The Morgan fingerprint density at radius 1 is 1.43 bits per heavy atom. The van der Waals surface area contributed by atoms with Crippen LogP contribution in [0.3, 0.4) is 0 Å². The Morgan fingerprint density at radius 3 is 2.71 bits per heavy atom. The maximum atomic E-state index is 14.0. The first-order valence-electron chi connectivity index (χ1n) is 6.47. The molecule has 6 heteroatoms. The van der Waals surface area contributed by atoms with E-state index in [1.165, 1.54) is 17.7 Å². The summed E-state index contributed by atoms with van der Waals surface area (Å²) in [6.07, 6.45) is 0.546. The maximum absolute atomic E-state index is 14.0. The highest BCUT2D eigenvalue weighted by Gasteiger charge is 2.23. The van der Waals surface area contributed by atoms with Crippen LogP contribution in [0.5, 0.6) is 0 Å². The van der Waals surface area contributed by atoms with E-state index in [4.69, 9.17) is 9.47 Å². The molecule has 0 aliphatic carbocycles. The lowest BCUT2D eigenvalue weighted by Crippen LogP contribution is -2.11. The topological polar surface area (TPSA) is 57.5 Å². The molecule has 1 aromatic heterocycles. The second-order valence-electron chi connectivity index (χ2n) is 4.55. The van der Waals surface area contributed by atoms with Gasteiger partial charge in [-0.05, 0) is 19.1 Å². The molecule has 0 radical (unpaired) electrons. The molecule has 0 amide bonds. The molecule has 0 fully saturated rings. The number of carbonyl (C=O) groups is 2. The van der Waals surface area contributed by atoms with Crippen molar-refractivity contribution >= 4 is 23.2 Å². The zero-order chi connectivity index (χ0) is 15.6. The minimum atomic E-state index is -0.605. The molecule has 112 valence electrons. The first kappa shape index (κ1) is 15.2. The predicted molar refractivity (Wildman–Crippen MR) is 74.9 cm³/mol. The summed E-state index contributed by atoms with van der Waals surface area (Å²) in [5.74, 6) is -1.08. The van der Waals surface area contributed by atoms with E-state index >= 15 is 0 Å². The average molecular weight is 293 g/mol. The van der Waals surface area contributed by atoms with Gasteiger partial charge in [0.15, 0.2) is 6.29 Å². The van der Waals surface area contributed by atoms with E-state index in [0.717, 1.165) is 0 Å². The zero-order valence-electron chi connectivity index (χ0n) is 12.1. The molecule has 0 unspecified atom stereocenters. The minimum absolute atomic E-state index is 0.109. The summed E-state index contributed by atoms with van der Waals surface area (Å²) >= 11 is 0. The molecule has 1 heterocycles. The molecule has 0 aliphatic heterocycles. The first-order valence-corrected chi connectivity index (χ1v) is 6.47. The number of rotatable bonds is 5.